The zero-order chi connectivity index (χ0) is 28.5. The number of ether oxygens (including phenoxy) is 3. The Hall–Kier alpha value is -4.26. The second-order valence-corrected chi connectivity index (χ2v) is 10.8. The average Bonchev–Trinajstić information content (AvgIpc) is 3.17. The van der Waals surface area contributed by atoms with Crippen LogP contribution in [0.1, 0.15) is 57.4 Å². The number of rotatable bonds is 7. The topological polar surface area (TPSA) is 85.3 Å². The molecule has 4 rings (SSSR count). The van der Waals surface area contributed by atoms with Crippen LogP contribution < -0.4 is 19.1 Å². The second-order valence-electron chi connectivity index (χ2n) is 10.8. The molecule has 0 spiro atoms. The van der Waals surface area contributed by atoms with Crippen LogP contribution in [0.3, 0.4) is 0 Å². The van der Waals surface area contributed by atoms with Gasteiger partial charge in [-0.3, -0.25) is 14.5 Å². The van der Waals surface area contributed by atoms with Crippen molar-refractivity contribution in [1.29, 1.82) is 0 Å². The quantitative estimate of drug-likeness (QED) is 0.216. The van der Waals surface area contributed by atoms with Gasteiger partial charge in [0, 0.05) is 22.9 Å². The third-order valence-electron chi connectivity index (χ3n) is 6.60. The molecule has 3 aromatic rings. The van der Waals surface area contributed by atoms with Gasteiger partial charge in [0.2, 0.25) is 0 Å². The molecule has 1 N–H and O–H groups in total. The molecule has 1 aliphatic rings. The van der Waals surface area contributed by atoms with E-state index in [1.54, 1.807) is 49.6 Å². The third-order valence-corrected chi connectivity index (χ3v) is 6.60. The van der Waals surface area contributed by atoms with Gasteiger partial charge in [-0.1, -0.05) is 39.0 Å². The number of carbonyl (C=O) groups is 2. The highest BCUT2D eigenvalue weighted by atomic mass is 16.5. The fourth-order valence-corrected chi connectivity index (χ4v) is 4.80. The van der Waals surface area contributed by atoms with Gasteiger partial charge < -0.3 is 19.3 Å². The Morgan fingerprint density at radius 1 is 0.897 bits per heavy atom. The van der Waals surface area contributed by atoms with Crippen LogP contribution in [0, 0.1) is 0 Å². The summed E-state index contributed by atoms with van der Waals surface area (Å²) in [6, 6.07) is 18.6. The number of carbonyl (C=O) groups excluding carboxylic acids is 2. The molecule has 0 radical (unpaired) electrons. The van der Waals surface area contributed by atoms with E-state index < -0.39 is 17.7 Å². The Morgan fingerprint density at radius 3 is 2.23 bits per heavy atom. The van der Waals surface area contributed by atoms with Crippen molar-refractivity contribution in [2.24, 2.45) is 0 Å². The summed E-state index contributed by atoms with van der Waals surface area (Å²) in [7, 11) is 3.13. The van der Waals surface area contributed by atoms with Crippen molar-refractivity contribution in [2.75, 3.05) is 19.1 Å². The van der Waals surface area contributed by atoms with Crippen LogP contribution in [-0.2, 0) is 15.0 Å². The summed E-state index contributed by atoms with van der Waals surface area (Å²) in [6.45, 7) is 9.96. The number of amides is 1. The molecule has 0 aromatic heterocycles. The van der Waals surface area contributed by atoms with E-state index >= 15 is 0 Å². The van der Waals surface area contributed by atoms with E-state index in [9.17, 15) is 14.7 Å². The van der Waals surface area contributed by atoms with E-state index in [2.05, 4.69) is 0 Å². The Kier molecular flexibility index (Phi) is 7.72. The molecule has 1 fully saturated rings. The highest BCUT2D eigenvalue weighted by molar-refractivity contribution is 6.51. The van der Waals surface area contributed by atoms with Crippen LogP contribution in [0.5, 0.6) is 17.2 Å². The number of ketones is 1. The fourth-order valence-electron chi connectivity index (χ4n) is 4.80. The number of methoxy groups -OCH3 is 2. The maximum atomic E-state index is 13.6. The van der Waals surface area contributed by atoms with Crippen molar-refractivity contribution in [1.82, 2.24) is 0 Å². The average molecular weight is 530 g/mol. The van der Waals surface area contributed by atoms with E-state index in [1.165, 1.54) is 12.0 Å². The van der Waals surface area contributed by atoms with Gasteiger partial charge in [0.05, 0.1) is 31.9 Å². The van der Waals surface area contributed by atoms with Gasteiger partial charge in [-0.2, -0.15) is 0 Å². The molecule has 204 valence electrons. The smallest absolute Gasteiger partial charge is 0.300 e. The summed E-state index contributed by atoms with van der Waals surface area (Å²) >= 11 is 0. The third kappa shape index (κ3) is 5.48. The van der Waals surface area contributed by atoms with E-state index in [0.29, 0.717) is 34.1 Å². The number of aliphatic hydroxyl groups is 1. The maximum Gasteiger partial charge on any atom is 0.300 e. The van der Waals surface area contributed by atoms with Crippen molar-refractivity contribution in [3.05, 3.63) is 89.0 Å². The molecule has 1 heterocycles. The summed E-state index contributed by atoms with van der Waals surface area (Å²) in [4.78, 5) is 28.6. The molecule has 1 aliphatic heterocycles. The number of Topliss-reactive ketones (excluding diaryl/α,β-unsaturated/α-hetero) is 1. The molecule has 7 heteroatoms. The molecule has 39 heavy (non-hydrogen) atoms. The lowest BCUT2D eigenvalue weighted by molar-refractivity contribution is -0.132. The lowest BCUT2D eigenvalue weighted by Gasteiger charge is -2.26. The Bertz CT molecular complexity index is 1430. The van der Waals surface area contributed by atoms with Gasteiger partial charge in [0.15, 0.2) is 0 Å². The SMILES string of the molecule is COc1cccc(N2C(=O)C(=O)/C(=C(/O)c3ccc(OC)c(C(C)(C)C)c3)C2c2cccc(OC(C)C)c2)c1. The summed E-state index contributed by atoms with van der Waals surface area (Å²) in [5.74, 6) is 0.0319. The summed E-state index contributed by atoms with van der Waals surface area (Å²) < 4.78 is 16.8. The zero-order valence-electron chi connectivity index (χ0n) is 23.4. The highest BCUT2D eigenvalue weighted by Crippen LogP contribution is 2.44. The minimum atomic E-state index is -0.895. The van der Waals surface area contributed by atoms with Crippen molar-refractivity contribution < 1.29 is 28.9 Å². The molecular weight excluding hydrogens is 494 g/mol. The standard InChI is InChI=1S/C32H35NO6/c1-19(2)39-24-13-8-10-20(16-24)28-27(29(34)21-14-15-26(38-7)25(17-21)32(3,4)5)30(35)31(36)33(28)22-11-9-12-23(18-22)37-6/h8-19,28,34H,1-7H3/b29-27+. The molecule has 0 bridgehead atoms. The number of nitrogens with zero attached hydrogens (tertiary/aromatic N) is 1. The van der Waals surface area contributed by atoms with E-state index in [1.807, 2.05) is 58.9 Å². The molecule has 7 nitrogen and oxygen atoms in total. The van der Waals surface area contributed by atoms with E-state index in [-0.39, 0.29) is 22.9 Å². The predicted octanol–water partition coefficient (Wildman–Crippen LogP) is 6.41. The molecule has 1 saturated heterocycles. The molecule has 0 saturated carbocycles. The van der Waals surface area contributed by atoms with Crippen LogP contribution in [-0.4, -0.2) is 37.1 Å². The number of hydrogen-bond donors (Lipinski definition) is 1. The largest absolute Gasteiger partial charge is 0.507 e. The Balaban J connectivity index is 1.97. The highest BCUT2D eigenvalue weighted by Gasteiger charge is 2.47. The molecule has 0 aliphatic carbocycles. The first-order valence-corrected chi connectivity index (χ1v) is 12.9. The van der Waals surface area contributed by atoms with Gasteiger partial charge in [0.1, 0.15) is 23.0 Å². The van der Waals surface area contributed by atoms with Crippen LogP contribution in [0.4, 0.5) is 5.69 Å². The first-order valence-electron chi connectivity index (χ1n) is 12.9. The Morgan fingerprint density at radius 2 is 1.59 bits per heavy atom. The van der Waals surface area contributed by atoms with E-state index in [4.69, 9.17) is 14.2 Å². The second kappa shape index (κ2) is 10.8. The lowest BCUT2D eigenvalue weighted by Crippen LogP contribution is -2.29. The summed E-state index contributed by atoms with van der Waals surface area (Å²) in [5, 5.41) is 11.7. The van der Waals surface area contributed by atoms with Crippen molar-refractivity contribution >= 4 is 23.1 Å². The van der Waals surface area contributed by atoms with Crippen LogP contribution in [0.25, 0.3) is 5.76 Å². The molecule has 1 atom stereocenters. The fraction of sp³-hybridized carbons (Fsp3) is 0.312. The minimum Gasteiger partial charge on any atom is -0.507 e. The minimum absolute atomic E-state index is 0.00505. The lowest BCUT2D eigenvalue weighted by atomic mass is 9.84. The van der Waals surface area contributed by atoms with Gasteiger partial charge >= 0.3 is 0 Å². The summed E-state index contributed by atoms with van der Waals surface area (Å²) in [6.07, 6.45) is -0.0693. The van der Waals surface area contributed by atoms with Crippen molar-refractivity contribution in [3.63, 3.8) is 0 Å². The van der Waals surface area contributed by atoms with Crippen LogP contribution in [0.15, 0.2) is 72.3 Å². The zero-order valence-corrected chi connectivity index (χ0v) is 23.4. The predicted molar refractivity (Wildman–Crippen MR) is 152 cm³/mol. The van der Waals surface area contributed by atoms with E-state index in [0.717, 1.165) is 5.56 Å². The Labute approximate surface area is 229 Å². The molecule has 1 unspecified atom stereocenters. The first-order chi connectivity index (χ1) is 18.5. The number of hydrogen-bond acceptors (Lipinski definition) is 6. The number of aliphatic hydroxyl groups excluding tert-OH is 1. The van der Waals surface area contributed by atoms with Crippen molar-refractivity contribution in [2.45, 2.75) is 52.2 Å². The van der Waals surface area contributed by atoms with Crippen LogP contribution >= 0.6 is 0 Å². The van der Waals surface area contributed by atoms with Gasteiger partial charge in [-0.25, -0.2) is 0 Å². The molecule has 3 aromatic carbocycles. The summed E-state index contributed by atoms with van der Waals surface area (Å²) in [5.41, 5.74) is 2.08. The number of anilines is 1. The van der Waals surface area contributed by atoms with Gasteiger partial charge in [0.25, 0.3) is 11.7 Å². The molecular formula is C32H35NO6. The van der Waals surface area contributed by atoms with Crippen LogP contribution in [0.2, 0.25) is 0 Å². The first kappa shape index (κ1) is 27.8. The molecule has 1 amide bonds. The monoisotopic (exact) mass is 529 g/mol. The maximum absolute atomic E-state index is 13.6. The number of benzene rings is 3. The van der Waals surface area contributed by atoms with Gasteiger partial charge in [-0.15, -0.1) is 0 Å². The van der Waals surface area contributed by atoms with Gasteiger partial charge in [-0.05, 0) is 67.3 Å². The van der Waals surface area contributed by atoms with Crippen molar-refractivity contribution in [3.8, 4) is 17.2 Å². The normalized spacial score (nSPS) is 17.0.